The van der Waals surface area contributed by atoms with E-state index in [0.717, 1.165) is 49.7 Å². The summed E-state index contributed by atoms with van der Waals surface area (Å²) in [5, 5.41) is 2.26. The van der Waals surface area contributed by atoms with Gasteiger partial charge in [0.25, 0.3) is 0 Å². The van der Waals surface area contributed by atoms with E-state index in [9.17, 15) is 0 Å². The largest absolute Gasteiger partial charge is 0.264 e. The molecule has 0 atom stereocenters. The van der Waals surface area contributed by atoms with Gasteiger partial charge in [0.1, 0.15) is 0 Å². The number of hydrogen-bond donors (Lipinski definition) is 0. The van der Waals surface area contributed by atoms with Crippen LogP contribution in [0.1, 0.15) is 5.56 Å². The Balaban J connectivity index is 1.39. The molecule has 0 radical (unpaired) electrons. The minimum Gasteiger partial charge on any atom is -0.264 e. The van der Waals surface area contributed by atoms with Crippen LogP contribution in [0.3, 0.4) is 0 Å². The fourth-order valence-corrected chi connectivity index (χ4v) is 5.24. The Kier molecular flexibility index (Phi) is 6.34. The topological polar surface area (TPSA) is 51.6 Å². The van der Waals surface area contributed by atoms with Gasteiger partial charge in [0, 0.05) is 29.1 Å². The van der Waals surface area contributed by atoms with E-state index < -0.39 is 0 Å². The molecule has 0 fully saturated rings. The first kappa shape index (κ1) is 24.6. The third-order valence-corrected chi connectivity index (χ3v) is 7.37. The molecule has 7 rings (SSSR count). The van der Waals surface area contributed by atoms with Gasteiger partial charge in [0.15, 0.2) is 17.5 Å². The zero-order chi connectivity index (χ0) is 27.6. The average Bonchev–Trinajstić information content (AvgIpc) is 3.05. The predicted octanol–water partition coefficient (Wildman–Crippen LogP) is 9.06. The third kappa shape index (κ3) is 4.88. The van der Waals surface area contributed by atoms with Crippen LogP contribution in [0, 0.1) is 6.92 Å². The van der Waals surface area contributed by atoms with Crippen LogP contribution in [0.15, 0.2) is 140 Å². The Morgan fingerprint density at radius 3 is 1.88 bits per heavy atom. The van der Waals surface area contributed by atoms with E-state index in [-0.39, 0.29) is 0 Å². The van der Waals surface area contributed by atoms with Crippen LogP contribution < -0.4 is 0 Å². The average molecular weight is 527 g/mol. The number of hydrogen-bond acceptors (Lipinski definition) is 4. The van der Waals surface area contributed by atoms with Crippen molar-refractivity contribution in [3.63, 3.8) is 0 Å². The Morgan fingerprint density at radius 2 is 1.05 bits per heavy atom. The molecule has 4 heteroatoms. The lowest BCUT2D eigenvalue weighted by atomic mass is 10.00. The molecule has 41 heavy (non-hydrogen) atoms. The highest BCUT2D eigenvalue weighted by molar-refractivity contribution is 5.95. The van der Waals surface area contributed by atoms with E-state index in [1.54, 1.807) is 0 Å². The molecule has 4 nitrogen and oxygen atoms in total. The first-order valence-electron chi connectivity index (χ1n) is 13.6. The summed E-state index contributed by atoms with van der Waals surface area (Å²) in [4.78, 5) is 19.3. The van der Waals surface area contributed by atoms with Gasteiger partial charge in [-0.1, -0.05) is 115 Å². The van der Waals surface area contributed by atoms with Crippen LogP contribution in [-0.2, 0) is 0 Å². The van der Waals surface area contributed by atoms with Crippen molar-refractivity contribution >= 4 is 10.8 Å². The molecule has 0 saturated heterocycles. The summed E-state index contributed by atoms with van der Waals surface area (Å²) in [7, 11) is 0. The summed E-state index contributed by atoms with van der Waals surface area (Å²) in [6, 6.07) is 43.8. The van der Waals surface area contributed by atoms with Gasteiger partial charge in [0.05, 0.1) is 0 Å². The number of aromatic nitrogens is 4. The number of fused-ring (bicyclic) bond motifs is 1. The van der Waals surface area contributed by atoms with E-state index in [2.05, 4.69) is 127 Å². The van der Waals surface area contributed by atoms with Crippen molar-refractivity contribution in [1.29, 1.82) is 0 Å². The first-order valence-corrected chi connectivity index (χ1v) is 13.6. The van der Waals surface area contributed by atoms with Gasteiger partial charge < -0.3 is 0 Å². The fourth-order valence-electron chi connectivity index (χ4n) is 5.24. The maximum atomic E-state index is 5.04. The maximum Gasteiger partial charge on any atom is 0.164 e. The molecular formula is C37H26N4. The SMILES string of the molecule is Cc1cnccc1-c1cccc(-c2nc(-c3ccc(-c4ccccc4)cc3)nc(-c3cccc4ccccc34)n2)c1. The second-order valence-corrected chi connectivity index (χ2v) is 10.0. The van der Waals surface area contributed by atoms with Crippen molar-refractivity contribution in [3.8, 4) is 56.4 Å². The Morgan fingerprint density at radius 1 is 0.439 bits per heavy atom. The van der Waals surface area contributed by atoms with E-state index in [1.807, 2.05) is 24.5 Å². The summed E-state index contributed by atoms with van der Waals surface area (Å²) < 4.78 is 0. The highest BCUT2D eigenvalue weighted by Crippen LogP contribution is 2.32. The summed E-state index contributed by atoms with van der Waals surface area (Å²) in [5.74, 6) is 1.93. The Labute approximate surface area is 239 Å². The van der Waals surface area contributed by atoms with Crippen LogP contribution in [0.2, 0.25) is 0 Å². The highest BCUT2D eigenvalue weighted by atomic mass is 15.0. The van der Waals surface area contributed by atoms with Gasteiger partial charge in [-0.2, -0.15) is 0 Å². The molecule has 0 amide bonds. The molecule has 2 aromatic heterocycles. The molecule has 0 aliphatic carbocycles. The molecule has 0 aliphatic heterocycles. The lowest BCUT2D eigenvalue weighted by Crippen LogP contribution is -2.00. The number of pyridine rings is 1. The van der Waals surface area contributed by atoms with Gasteiger partial charge in [-0.25, -0.2) is 15.0 Å². The summed E-state index contributed by atoms with van der Waals surface area (Å²) in [5.41, 5.74) is 8.55. The predicted molar refractivity (Wildman–Crippen MR) is 167 cm³/mol. The highest BCUT2D eigenvalue weighted by Gasteiger charge is 2.15. The Bertz CT molecular complexity index is 1990. The van der Waals surface area contributed by atoms with Crippen molar-refractivity contribution in [2.24, 2.45) is 0 Å². The molecule has 0 bridgehead atoms. The van der Waals surface area contributed by atoms with Crippen LogP contribution in [0.25, 0.3) is 67.2 Å². The zero-order valence-electron chi connectivity index (χ0n) is 22.6. The van der Waals surface area contributed by atoms with Gasteiger partial charge >= 0.3 is 0 Å². The molecule has 0 N–H and O–H groups in total. The van der Waals surface area contributed by atoms with Crippen molar-refractivity contribution in [2.75, 3.05) is 0 Å². The minimum absolute atomic E-state index is 0.638. The minimum atomic E-state index is 0.638. The molecule has 0 spiro atoms. The summed E-state index contributed by atoms with van der Waals surface area (Å²) >= 11 is 0. The van der Waals surface area contributed by atoms with Crippen molar-refractivity contribution < 1.29 is 0 Å². The zero-order valence-corrected chi connectivity index (χ0v) is 22.6. The molecule has 0 unspecified atom stereocenters. The quantitative estimate of drug-likeness (QED) is 0.224. The van der Waals surface area contributed by atoms with Gasteiger partial charge in [-0.05, 0) is 57.6 Å². The molecule has 0 saturated carbocycles. The molecule has 194 valence electrons. The van der Waals surface area contributed by atoms with Crippen molar-refractivity contribution in [3.05, 3.63) is 145 Å². The van der Waals surface area contributed by atoms with Crippen molar-refractivity contribution in [1.82, 2.24) is 19.9 Å². The van der Waals surface area contributed by atoms with E-state index in [1.165, 1.54) is 5.56 Å². The number of nitrogens with zero attached hydrogens (tertiary/aromatic N) is 4. The molecule has 5 aromatic carbocycles. The monoisotopic (exact) mass is 526 g/mol. The second-order valence-electron chi connectivity index (χ2n) is 10.0. The van der Waals surface area contributed by atoms with Crippen LogP contribution >= 0.6 is 0 Å². The normalized spacial score (nSPS) is 11.0. The van der Waals surface area contributed by atoms with Gasteiger partial charge in [-0.15, -0.1) is 0 Å². The fraction of sp³-hybridized carbons (Fsp3) is 0.0270. The third-order valence-electron chi connectivity index (χ3n) is 7.37. The number of aryl methyl sites for hydroxylation is 1. The van der Waals surface area contributed by atoms with E-state index >= 15 is 0 Å². The lowest BCUT2D eigenvalue weighted by Gasteiger charge is -2.12. The number of rotatable bonds is 5. The van der Waals surface area contributed by atoms with Crippen LogP contribution in [0.4, 0.5) is 0 Å². The smallest absolute Gasteiger partial charge is 0.164 e. The molecule has 7 aromatic rings. The second kappa shape index (κ2) is 10.6. The van der Waals surface area contributed by atoms with Crippen molar-refractivity contribution in [2.45, 2.75) is 6.92 Å². The molecule has 0 aliphatic rings. The molecule has 2 heterocycles. The lowest BCUT2D eigenvalue weighted by molar-refractivity contribution is 1.08. The van der Waals surface area contributed by atoms with Crippen LogP contribution in [-0.4, -0.2) is 19.9 Å². The van der Waals surface area contributed by atoms with Gasteiger partial charge in [0.2, 0.25) is 0 Å². The standard InChI is InChI=1S/C37H26N4/c1-25-24-38-22-21-32(25)30-13-7-14-31(23-30)36-39-35(29-19-17-27(18-20-29)26-9-3-2-4-10-26)40-37(41-36)34-16-8-12-28-11-5-6-15-33(28)34/h2-24H,1H3. The van der Waals surface area contributed by atoms with Crippen LogP contribution in [0.5, 0.6) is 0 Å². The van der Waals surface area contributed by atoms with Gasteiger partial charge in [-0.3, -0.25) is 4.98 Å². The Hall–Kier alpha value is -5.48. The summed E-state index contributed by atoms with van der Waals surface area (Å²) in [6.45, 7) is 2.08. The number of benzene rings is 5. The first-order chi connectivity index (χ1) is 20.2. The summed E-state index contributed by atoms with van der Waals surface area (Å²) in [6.07, 6.45) is 3.72. The van der Waals surface area contributed by atoms with E-state index in [0.29, 0.717) is 17.5 Å². The molecular weight excluding hydrogens is 500 g/mol. The van der Waals surface area contributed by atoms with E-state index in [4.69, 9.17) is 15.0 Å². The maximum absolute atomic E-state index is 5.04.